The van der Waals surface area contributed by atoms with Crippen LogP contribution in [-0.4, -0.2) is 33.7 Å². The van der Waals surface area contributed by atoms with Crippen LogP contribution in [0.15, 0.2) is 29.1 Å². The number of benzene rings is 1. The minimum atomic E-state index is -0.119. The summed E-state index contributed by atoms with van der Waals surface area (Å²) < 4.78 is 1.43. The number of aryl methyl sites for hydroxylation is 1. The number of likely N-dealkylation sites (tertiary alicyclic amines) is 1. The largest absolute Gasteiger partial charge is 0.337 e. The molecule has 122 valence electrons. The Balaban J connectivity index is 2.07. The molecular formula is C18H23N3O2. The van der Waals surface area contributed by atoms with Crippen LogP contribution in [0.5, 0.6) is 0 Å². The molecule has 1 amide bonds. The number of fused-ring (bicyclic) bond motifs is 1. The average molecular weight is 313 g/mol. The van der Waals surface area contributed by atoms with Gasteiger partial charge in [0, 0.05) is 25.0 Å². The van der Waals surface area contributed by atoms with Crippen molar-refractivity contribution in [3.63, 3.8) is 0 Å². The lowest BCUT2D eigenvalue weighted by atomic mass is 9.99. The van der Waals surface area contributed by atoms with Gasteiger partial charge in [0.05, 0.1) is 5.39 Å². The summed E-state index contributed by atoms with van der Waals surface area (Å²) in [4.78, 5) is 27.3. The van der Waals surface area contributed by atoms with E-state index in [0.29, 0.717) is 28.9 Å². The molecule has 2 heterocycles. The van der Waals surface area contributed by atoms with Gasteiger partial charge >= 0.3 is 0 Å². The van der Waals surface area contributed by atoms with Crippen molar-refractivity contribution in [2.45, 2.75) is 39.7 Å². The summed E-state index contributed by atoms with van der Waals surface area (Å²) in [5, 5.41) is 5.63. The van der Waals surface area contributed by atoms with Crippen LogP contribution in [0.25, 0.3) is 10.8 Å². The second kappa shape index (κ2) is 6.52. The summed E-state index contributed by atoms with van der Waals surface area (Å²) in [6, 6.07) is 7.28. The molecule has 0 saturated carbocycles. The fourth-order valence-corrected chi connectivity index (χ4v) is 3.12. The van der Waals surface area contributed by atoms with Crippen molar-refractivity contribution < 1.29 is 4.79 Å². The Bertz CT molecular complexity index is 773. The minimum Gasteiger partial charge on any atom is -0.337 e. The zero-order chi connectivity index (χ0) is 16.4. The summed E-state index contributed by atoms with van der Waals surface area (Å²) in [6.07, 6.45) is 2.86. The van der Waals surface area contributed by atoms with Crippen LogP contribution in [0.4, 0.5) is 0 Å². The van der Waals surface area contributed by atoms with Gasteiger partial charge in [-0.3, -0.25) is 9.59 Å². The number of hydrogen-bond donors (Lipinski definition) is 0. The normalized spacial score (nSPS) is 16.0. The smallest absolute Gasteiger partial charge is 0.274 e. The first-order chi connectivity index (χ1) is 11.1. The van der Waals surface area contributed by atoms with Gasteiger partial charge in [0.1, 0.15) is 0 Å². The maximum absolute atomic E-state index is 12.9. The third-order valence-corrected chi connectivity index (χ3v) is 4.58. The molecule has 1 fully saturated rings. The van der Waals surface area contributed by atoms with Gasteiger partial charge in [-0.1, -0.05) is 32.0 Å². The Morgan fingerprint density at radius 3 is 2.52 bits per heavy atom. The van der Waals surface area contributed by atoms with Gasteiger partial charge in [-0.25, -0.2) is 4.68 Å². The molecule has 1 aromatic heterocycles. The summed E-state index contributed by atoms with van der Waals surface area (Å²) in [7, 11) is 0. The molecule has 0 N–H and O–H groups in total. The fourth-order valence-electron chi connectivity index (χ4n) is 3.12. The highest BCUT2D eigenvalue weighted by Gasteiger charge is 2.25. The van der Waals surface area contributed by atoms with Crippen LogP contribution < -0.4 is 5.56 Å². The van der Waals surface area contributed by atoms with E-state index in [1.807, 2.05) is 30.0 Å². The van der Waals surface area contributed by atoms with E-state index < -0.39 is 0 Å². The summed E-state index contributed by atoms with van der Waals surface area (Å²) in [5.74, 6) is 0.607. The topological polar surface area (TPSA) is 55.2 Å². The quantitative estimate of drug-likeness (QED) is 0.875. The molecule has 0 aliphatic carbocycles. The van der Waals surface area contributed by atoms with Crippen LogP contribution in [0.3, 0.4) is 0 Å². The van der Waals surface area contributed by atoms with E-state index in [-0.39, 0.29) is 11.5 Å². The first-order valence-electron chi connectivity index (χ1n) is 8.41. The van der Waals surface area contributed by atoms with Crippen molar-refractivity contribution in [2.75, 3.05) is 13.1 Å². The molecule has 1 aromatic carbocycles. The number of nitrogens with zero attached hydrogens (tertiary/aromatic N) is 3. The molecule has 0 unspecified atom stereocenters. The molecule has 5 nitrogen and oxygen atoms in total. The Labute approximate surface area is 135 Å². The van der Waals surface area contributed by atoms with Gasteiger partial charge in [-0.05, 0) is 31.2 Å². The Kier molecular flexibility index (Phi) is 4.46. The van der Waals surface area contributed by atoms with E-state index in [1.54, 1.807) is 6.07 Å². The molecule has 5 heteroatoms. The second-order valence-electron chi connectivity index (χ2n) is 6.40. The monoisotopic (exact) mass is 313 g/mol. The lowest BCUT2D eigenvalue weighted by Crippen LogP contribution is -2.39. The van der Waals surface area contributed by atoms with Crippen LogP contribution >= 0.6 is 0 Å². The standard InChI is InChI=1S/C18H23N3O2/c1-3-10-21-17(22)15-7-5-4-6-14(15)16(19-21)18(23)20-11-8-13(2)9-12-20/h4-7,13H,3,8-12H2,1-2H3. The Morgan fingerprint density at radius 1 is 1.22 bits per heavy atom. The maximum Gasteiger partial charge on any atom is 0.274 e. The molecule has 2 aromatic rings. The Hall–Kier alpha value is -2.17. The van der Waals surface area contributed by atoms with Crippen LogP contribution in [-0.2, 0) is 6.54 Å². The molecule has 0 radical (unpaired) electrons. The second-order valence-corrected chi connectivity index (χ2v) is 6.40. The van der Waals surface area contributed by atoms with E-state index in [0.717, 1.165) is 32.4 Å². The van der Waals surface area contributed by atoms with Gasteiger partial charge in [0.2, 0.25) is 0 Å². The predicted octanol–water partition coefficient (Wildman–Crippen LogP) is 2.68. The number of amides is 1. The highest BCUT2D eigenvalue weighted by Crippen LogP contribution is 2.20. The van der Waals surface area contributed by atoms with Crippen molar-refractivity contribution in [1.82, 2.24) is 14.7 Å². The number of aromatic nitrogens is 2. The molecule has 0 atom stereocenters. The van der Waals surface area contributed by atoms with Crippen LogP contribution in [0.1, 0.15) is 43.6 Å². The van der Waals surface area contributed by atoms with Crippen LogP contribution in [0, 0.1) is 5.92 Å². The van der Waals surface area contributed by atoms with Crippen molar-refractivity contribution in [3.05, 3.63) is 40.3 Å². The molecule has 0 bridgehead atoms. The van der Waals surface area contributed by atoms with Crippen molar-refractivity contribution >= 4 is 16.7 Å². The maximum atomic E-state index is 12.9. The van der Waals surface area contributed by atoms with Crippen molar-refractivity contribution in [2.24, 2.45) is 5.92 Å². The average Bonchev–Trinajstić information content (AvgIpc) is 2.58. The number of carbonyl (C=O) groups is 1. The highest BCUT2D eigenvalue weighted by atomic mass is 16.2. The molecule has 0 spiro atoms. The number of hydrogen-bond acceptors (Lipinski definition) is 3. The van der Waals surface area contributed by atoms with Crippen molar-refractivity contribution in [3.8, 4) is 0 Å². The van der Waals surface area contributed by atoms with Gasteiger partial charge in [0.25, 0.3) is 11.5 Å². The number of rotatable bonds is 3. The first kappa shape index (κ1) is 15.7. The number of carbonyl (C=O) groups excluding carboxylic acids is 1. The number of piperidine rings is 1. The van der Waals surface area contributed by atoms with Crippen LogP contribution in [0.2, 0.25) is 0 Å². The van der Waals surface area contributed by atoms with Gasteiger partial charge in [-0.2, -0.15) is 5.10 Å². The van der Waals surface area contributed by atoms with Gasteiger partial charge < -0.3 is 4.90 Å². The third kappa shape index (κ3) is 3.00. The molecule has 1 saturated heterocycles. The van der Waals surface area contributed by atoms with E-state index in [2.05, 4.69) is 12.0 Å². The summed E-state index contributed by atoms with van der Waals surface area (Å²) in [5.41, 5.74) is 0.287. The lowest BCUT2D eigenvalue weighted by molar-refractivity contribution is 0.0690. The lowest BCUT2D eigenvalue weighted by Gasteiger charge is -2.30. The molecule has 23 heavy (non-hydrogen) atoms. The van der Waals surface area contributed by atoms with E-state index in [1.165, 1.54) is 4.68 Å². The van der Waals surface area contributed by atoms with Crippen molar-refractivity contribution in [1.29, 1.82) is 0 Å². The summed E-state index contributed by atoms with van der Waals surface area (Å²) in [6.45, 7) is 6.28. The summed E-state index contributed by atoms with van der Waals surface area (Å²) >= 11 is 0. The third-order valence-electron chi connectivity index (χ3n) is 4.58. The van der Waals surface area contributed by atoms with Gasteiger partial charge in [-0.15, -0.1) is 0 Å². The van der Waals surface area contributed by atoms with E-state index in [4.69, 9.17) is 0 Å². The molecular weight excluding hydrogens is 290 g/mol. The SMILES string of the molecule is CCCn1nc(C(=O)N2CCC(C)CC2)c2ccccc2c1=O. The fraction of sp³-hybridized carbons (Fsp3) is 0.500. The highest BCUT2D eigenvalue weighted by molar-refractivity contribution is 6.04. The predicted molar refractivity (Wildman–Crippen MR) is 90.6 cm³/mol. The Morgan fingerprint density at radius 2 is 1.87 bits per heavy atom. The van der Waals surface area contributed by atoms with Gasteiger partial charge in [0.15, 0.2) is 5.69 Å². The zero-order valence-corrected chi connectivity index (χ0v) is 13.8. The molecule has 1 aliphatic rings. The molecule has 3 rings (SSSR count). The van der Waals surface area contributed by atoms with E-state index in [9.17, 15) is 9.59 Å². The molecule has 1 aliphatic heterocycles. The first-order valence-corrected chi connectivity index (χ1v) is 8.41. The van der Waals surface area contributed by atoms with E-state index >= 15 is 0 Å². The zero-order valence-electron chi connectivity index (χ0n) is 13.8. The minimum absolute atomic E-state index is 0.0575.